The average Bonchev–Trinajstić information content (AvgIpc) is 3.28. The zero-order chi connectivity index (χ0) is 17.1. The Kier molecular flexibility index (Phi) is 5.03. The Morgan fingerprint density at radius 2 is 1.83 bits per heavy atom. The highest BCUT2D eigenvalue weighted by molar-refractivity contribution is 5.97. The third-order valence-corrected chi connectivity index (χ3v) is 4.20. The fourth-order valence-electron chi connectivity index (χ4n) is 2.68. The Labute approximate surface area is 135 Å². The molecule has 2 rings (SSSR count). The second-order valence-corrected chi connectivity index (χ2v) is 5.95. The van der Waals surface area contributed by atoms with Crippen molar-refractivity contribution in [2.45, 2.75) is 27.2 Å². The van der Waals surface area contributed by atoms with Gasteiger partial charge >= 0.3 is 5.97 Å². The van der Waals surface area contributed by atoms with E-state index in [9.17, 15) is 14.4 Å². The van der Waals surface area contributed by atoms with Gasteiger partial charge < -0.3 is 15.3 Å². The number of hydrogen-bond donors (Lipinski definition) is 2. The molecule has 1 saturated carbocycles. The monoisotopic (exact) mass is 318 g/mol. The van der Waals surface area contributed by atoms with E-state index in [0.717, 1.165) is 16.8 Å². The summed E-state index contributed by atoms with van der Waals surface area (Å²) in [5.74, 6) is -2.56. The summed E-state index contributed by atoms with van der Waals surface area (Å²) in [7, 11) is 0. The first-order valence-corrected chi connectivity index (χ1v) is 7.72. The summed E-state index contributed by atoms with van der Waals surface area (Å²) in [6.07, 6.45) is 0.364. The number of benzene rings is 1. The van der Waals surface area contributed by atoms with Gasteiger partial charge in [0, 0.05) is 12.2 Å². The first-order valence-electron chi connectivity index (χ1n) is 7.72. The highest BCUT2D eigenvalue weighted by Crippen LogP contribution is 2.40. The molecule has 0 spiro atoms. The van der Waals surface area contributed by atoms with Crippen molar-refractivity contribution in [1.82, 2.24) is 4.90 Å². The van der Waals surface area contributed by atoms with Gasteiger partial charge in [-0.3, -0.25) is 14.4 Å². The Morgan fingerprint density at radius 1 is 1.22 bits per heavy atom. The predicted octanol–water partition coefficient (Wildman–Crippen LogP) is 1.81. The number of carbonyl (C=O) groups excluding carboxylic acids is 2. The minimum Gasteiger partial charge on any atom is -0.481 e. The first-order chi connectivity index (χ1) is 10.8. The Hall–Kier alpha value is -2.37. The fourth-order valence-corrected chi connectivity index (χ4v) is 2.68. The molecule has 0 saturated heterocycles. The molecule has 0 radical (unpaired) electrons. The molecule has 1 aliphatic carbocycles. The van der Waals surface area contributed by atoms with E-state index in [1.165, 1.54) is 4.90 Å². The van der Waals surface area contributed by atoms with Crippen LogP contribution in [-0.2, 0) is 14.4 Å². The molecule has 0 aromatic heterocycles. The van der Waals surface area contributed by atoms with E-state index in [1.807, 2.05) is 32.0 Å². The standard InChI is InChI=1S/C17H22N2O4/c1-4-19(16(21)12-8-13(12)17(22)23)9-14(20)18-15-10(2)6-5-7-11(15)3/h5-7,12-13H,4,8-9H2,1-3H3,(H,18,20)(H,22,23). The maximum absolute atomic E-state index is 12.3. The van der Waals surface area contributed by atoms with Gasteiger partial charge in [-0.1, -0.05) is 18.2 Å². The number of aryl methyl sites for hydroxylation is 2. The molecule has 1 aromatic carbocycles. The number of para-hydroxylation sites is 1. The number of carboxylic acid groups (broad SMARTS) is 1. The number of hydrogen-bond acceptors (Lipinski definition) is 3. The quantitative estimate of drug-likeness (QED) is 0.837. The van der Waals surface area contributed by atoms with Crippen molar-refractivity contribution in [3.05, 3.63) is 29.3 Å². The lowest BCUT2D eigenvalue weighted by molar-refractivity contribution is -0.142. The van der Waals surface area contributed by atoms with Crippen LogP contribution >= 0.6 is 0 Å². The summed E-state index contributed by atoms with van der Waals surface area (Å²) in [5.41, 5.74) is 2.68. The van der Waals surface area contributed by atoms with Crippen LogP contribution < -0.4 is 5.32 Å². The van der Waals surface area contributed by atoms with Crippen LogP contribution in [0.5, 0.6) is 0 Å². The number of likely N-dealkylation sites (N-methyl/N-ethyl adjacent to an activating group) is 1. The molecule has 2 amide bonds. The zero-order valence-electron chi connectivity index (χ0n) is 13.6. The van der Waals surface area contributed by atoms with Gasteiger partial charge in [0.2, 0.25) is 11.8 Å². The number of rotatable bonds is 6. The number of nitrogens with one attached hydrogen (secondary N) is 1. The van der Waals surface area contributed by atoms with E-state index < -0.39 is 17.8 Å². The Morgan fingerprint density at radius 3 is 2.30 bits per heavy atom. The molecule has 2 atom stereocenters. The van der Waals surface area contributed by atoms with Crippen molar-refractivity contribution >= 4 is 23.5 Å². The lowest BCUT2D eigenvalue weighted by Gasteiger charge is -2.21. The van der Waals surface area contributed by atoms with Crippen LogP contribution in [0.15, 0.2) is 18.2 Å². The SMILES string of the molecule is CCN(CC(=O)Nc1c(C)cccc1C)C(=O)C1CC1C(=O)O. The topological polar surface area (TPSA) is 86.7 Å². The Bertz CT molecular complexity index is 621. The molecule has 124 valence electrons. The molecular formula is C17H22N2O4. The number of aliphatic carboxylic acids is 1. The lowest BCUT2D eigenvalue weighted by Crippen LogP contribution is -2.39. The minimum atomic E-state index is -0.945. The van der Waals surface area contributed by atoms with E-state index in [1.54, 1.807) is 6.92 Å². The molecule has 0 aliphatic heterocycles. The minimum absolute atomic E-state index is 0.0635. The van der Waals surface area contributed by atoms with E-state index in [0.29, 0.717) is 13.0 Å². The van der Waals surface area contributed by atoms with E-state index in [-0.39, 0.29) is 18.4 Å². The fraction of sp³-hybridized carbons (Fsp3) is 0.471. The van der Waals surface area contributed by atoms with Crippen LogP contribution in [0, 0.1) is 25.7 Å². The molecule has 1 aromatic rings. The highest BCUT2D eigenvalue weighted by atomic mass is 16.4. The normalized spacial score (nSPS) is 19.1. The summed E-state index contributed by atoms with van der Waals surface area (Å²) in [6, 6.07) is 5.74. The third-order valence-electron chi connectivity index (χ3n) is 4.20. The molecule has 23 heavy (non-hydrogen) atoms. The van der Waals surface area contributed by atoms with Gasteiger partial charge in [0.05, 0.1) is 18.4 Å². The van der Waals surface area contributed by atoms with Gasteiger partial charge in [-0.15, -0.1) is 0 Å². The van der Waals surface area contributed by atoms with E-state index >= 15 is 0 Å². The number of amides is 2. The summed E-state index contributed by atoms with van der Waals surface area (Å²) in [4.78, 5) is 36.8. The number of anilines is 1. The van der Waals surface area contributed by atoms with Crippen LogP contribution in [0.25, 0.3) is 0 Å². The molecule has 0 heterocycles. The number of nitrogens with zero attached hydrogens (tertiary/aromatic N) is 1. The number of carboxylic acids is 1. The molecular weight excluding hydrogens is 296 g/mol. The van der Waals surface area contributed by atoms with Crippen molar-refractivity contribution in [3.63, 3.8) is 0 Å². The van der Waals surface area contributed by atoms with E-state index in [4.69, 9.17) is 5.11 Å². The number of carbonyl (C=O) groups is 3. The van der Waals surface area contributed by atoms with Crippen molar-refractivity contribution in [1.29, 1.82) is 0 Å². The second kappa shape index (κ2) is 6.81. The summed E-state index contributed by atoms with van der Waals surface area (Å²) >= 11 is 0. The molecule has 6 nitrogen and oxygen atoms in total. The first kappa shape index (κ1) is 17.0. The third kappa shape index (κ3) is 3.88. The van der Waals surface area contributed by atoms with Crippen LogP contribution in [-0.4, -0.2) is 40.9 Å². The Balaban J connectivity index is 1.98. The largest absolute Gasteiger partial charge is 0.481 e. The van der Waals surface area contributed by atoms with Crippen molar-refractivity contribution in [3.8, 4) is 0 Å². The molecule has 0 bridgehead atoms. The molecule has 6 heteroatoms. The van der Waals surface area contributed by atoms with Gasteiger partial charge in [-0.05, 0) is 38.3 Å². The van der Waals surface area contributed by atoms with Crippen LogP contribution in [0.4, 0.5) is 5.69 Å². The second-order valence-electron chi connectivity index (χ2n) is 5.95. The summed E-state index contributed by atoms with van der Waals surface area (Å²) in [6.45, 7) is 5.91. The van der Waals surface area contributed by atoms with Crippen molar-refractivity contribution < 1.29 is 19.5 Å². The van der Waals surface area contributed by atoms with Crippen molar-refractivity contribution in [2.24, 2.45) is 11.8 Å². The zero-order valence-corrected chi connectivity index (χ0v) is 13.6. The summed E-state index contributed by atoms with van der Waals surface area (Å²) in [5, 5.41) is 11.8. The predicted molar refractivity (Wildman–Crippen MR) is 86.0 cm³/mol. The summed E-state index contributed by atoms with van der Waals surface area (Å²) < 4.78 is 0. The van der Waals surface area contributed by atoms with Crippen LogP contribution in [0.3, 0.4) is 0 Å². The van der Waals surface area contributed by atoms with E-state index in [2.05, 4.69) is 5.32 Å². The smallest absolute Gasteiger partial charge is 0.307 e. The average molecular weight is 318 g/mol. The van der Waals surface area contributed by atoms with Gasteiger partial charge in [0.1, 0.15) is 0 Å². The maximum atomic E-state index is 12.3. The lowest BCUT2D eigenvalue weighted by atomic mass is 10.1. The van der Waals surface area contributed by atoms with Gasteiger partial charge in [0.15, 0.2) is 0 Å². The van der Waals surface area contributed by atoms with Crippen LogP contribution in [0.1, 0.15) is 24.5 Å². The molecule has 1 aliphatic rings. The van der Waals surface area contributed by atoms with Gasteiger partial charge in [-0.25, -0.2) is 0 Å². The van der Waals surface area contributed by atoms with Crippen LogP contribution in [0.2, 0.25) is 0 Å². The van der Waals surface area contributed by atoms with Gasteiger partial charge in [-0.2, -0.15) is 0 Å². The van der Waals surface area contributed by atoms with Gasteiger partial charge in [0.25, 0.3) is 0 Å². The highest BCUT2D eigenvalue weighted by Gasteiger charge is 2.49. The molecule has 2 N–H and O–H groups in total. The maximum Gasteiger partial charge on any atom is 0.307 e. The van der Waals surface area contributed by atoms with Crippen molar-refractivity contribution in [2.75, 3.05) is 18.4 Å². The molecule has 1 fully saturated rings. The molecule has 2 unspecified atom stereocenters.